The zero-order valence-electron chi connectivity index (χ0n) is 40.2. The molecule has 0 fully saturated rings. The predicted octanol–water partition coefficient (Wildman–Crippen LogP) is 15.6. The van der Waals surface area contributed by atoms with E-state index in [4.69, 9.17) is 9.97 Å². The second-order valence-electron chi connectivity index (χ2n) is 17.8. The minimum Gasteiger partial charge on any atom is -0.510 e. The van der Waals surface area contributed by atoms with Crippen LogP contribution in [0, 0.1) is 47.5 Å². The zero-order valence-corrected chi connectivity index (χ0v) is 42.6. The summed E-state index contributed by atoms with van der Waals surface area (Å²) >= 11 is 0. The SMILES string of the molecule is CC(C)c1cc(-c2ccccc2)cc(C(C)C)c1-c1cc(-c2[c-]ccc(C#N)c2)nc(N2C=CN(C)[CH-]2)c1.N#Cc1cc[c-]c(-c2cc(-c3ccc(-c4ccccc4)cc3)cc(-c3[c-]cccc3)n2)c1.[Ir]. The summed E-state index contributed by atoms with van der Waals surface area (Å²) in [6, 6.07) is 75.5. The standard InChI is InChI=1S/C34H32N4.C30H18N2.Ir/c1-23(2)30-17-28(26-11-7-6-8-12-26)18-31(24(3)4)34(30)29-19-32(27-13-9-10-25(16-27)21-35)36-33(20-29)38-15-14-37(5)22-38;31-21-22-8-7-13-27(18-22)30-20-28(19-29(32-30)26-11-5-2-6-12-26)25-16-14-24(15-17-25)23-9-3-1-4-10-23;/h6-12,14-20,22-24H,1-5H3;1-11,14-20H;/q2*-2;. The van der Waals surface area contributed by atoms with Crippen molar-refractivity contribution in [1.82, 2.24) is 14.9 Å². The third-order valence-corrected chi connectivity index (χ3v) is 12.2. The number of hydrogen-bond acceptors (Lipinski definition) is 6. The van der Waals surface area contributed by atoms with Gasteiger partial charge in [-0.05, 0) is 121 Å². The average molecular weight is 1100 g/mol. The second-order valence-corrected chi connectivity index (χ2v) is 17.8. The van der Waals surface area contributed by atoms with Crippen molar-refractivity contribution in [2.75, 3.05) is 11.9 Å². The molecule has 0 aliphatic carbocycles. The molecule has 0 saturated carbocycles. The Morgan fingerprint density at radius 2 is 0.930 bits per heavy atom. The van der Waals surface area contributed by atoms with E-state index in [0.717, 1.165) is 56.3 Å². The Balaban J connectivity index is 0.000000190. The number of rotatable bonds is 10. The minimum absolute atomic E-state index is 0. The van der Waals surface area contributed by atoms with E-state index < -0.39 is 0 Å². The van der Waals surface area contributed by atoms with E-state index in [-0.39, 0.29) is 20.1 Å². The quantitative estimate of drug-likeness (QED) is 0.127. The third kappa shape index (κ3) is 11.5. The van der Waals surface area contributed by atoms with Gasteiger partial charge in [0.05, 0.1) is 18.0 Å². The predicted molar refractivity (Wildman–Crippen MR) is 284 cm³/mol. The number of nitriles is 2. The minimum atomic E-state index is 0. The van der Waals surface area contributed by atoms with Crippen molar-refractivity contribution in [2.24, 2.45) is 0 Å². The first-order valence-corrected chi connectivity index (χ1v) is 23.4. The molecule has 0 amide bonds. The maximum Gasteiger partial charge on any atom is 0.0949 e. The molecule has 0 N–H and O–H groups in total. The van der Waals surface area contributed by atoms with Crippen LogP contribution in [0.25, 0.3) is 78.3 Å². The summed E-state index contributed by atoms with van der Waals surface area (Å²) in [6.07, 6.45) is 4.01. The maximum absolute atomic E-state index is 9.50. The molecule has 7 aromatic carbocycles. The first-order valence-electron chi connectivity index (χ1n) is 23.4. The molecule has 1 radical (unpaired) electrons. The fourth-order valence-electron chi connectivity index (χ4n) is 8.62. The van der Waals surface area contributed by atoms with Crippen molar-refractivity contribution in [3.05, 3.63) is 242 Å². The van der Waals surface area contributed by atoms with Gasteiger partial charge in [-0.3, -0.25) is 4.98 Å². The summed E-state index contributed by atoms with van der Waals surface area (Å²) in [5, 5.41) is 18.8. The van der Waals surface area contributed by atoms with Crippen molar-refractivity contribution in [2.45, 2.75) is 39.5 Å². The van der Waals surface area contributed by atoms with Gasteiger partial charge in [-0.1, -0.05) is 143 Å². The molecule has 10 rings (SSSR count). The molecule has 0 atom stereocenters. The van der Waals surface area contributed by atoms with Crippen molar-refractivity contribution in [1.29, 1.82) is 10.5 Å². The van der Waals surface area contributed by atoms with E-state index in [1.807, 2.05) is 90.5 Å². The van der Waals surface area contributed by atoms with Gasteiger partial charge in [-0.2, -0.15) is 10.5 Å². The van der Waals surface area contributed by atoms with Gasteiger partial charge in [0.2, 0.25) is 0 Å². The summed E-state index contributed by atoms with van der Waals surface area (Å²) in [5.41, 5.74) is 18.1. The Labute approximate surface area is 432 Å². The summed E-state index contributed by atoms with van der Waals surface area (Å²) in [5.74, 6) is 1.47. The molecule has 0 bridgehead atoms. The Hall–Kier alpha value is -8.19. The van der Waals surface area contributed by atoms with Gasteiger partial charge < -0.3 is 14.8 Å². The molecule has 0 spiro atoms. The van der Waals surface area contributed by atoms with Crippen molar-refractivity contribution in [3.8, 4) is 90.4 Å². The van der Waals surface area contributed by atoms with Crippen LogP contribution in [0.1, 0.15) is 61.8 Å². The fraction of sp³-hybridized carbons (Fsp3) is 0.109. The normalized spacial score (nSPS) is 11.7. The Morgan fingerprint density at radius 3 is 1.44 bits per heavy atom. The smallest absolute Gasteiger partial charge is 0.0949 e. The largest absolute Gasteiger partial charge is 0.510 e. The van der Waals surface area contributed by atoms with E-state index in [9.17, 15) is 10.5 Å². The molecule has 0 saturated heterocycles. The van der Waals surface area contributed by atoms with E-state index in [0.29, 0.717) is 23.0 Å². The van der Waals surface area contributed by atoms with Crippen molar-refractivity contribution in [3.63, 3.8) is 0 Å². The number of hydrogen-bond donors (Lipinski definition) is 0. The molecular formula is C64H50IrN6-4. The summed E-state index contributed by atoms with van der Waals surface area (Å²) in [6.45, 7) is 11.1. The van der Waals surface area contributed by atoms with Crippen molar-refractivity contribution < 1.29 is 20.1 Å². The van der Waals surface area contributed by atoms with E-state index in [1.165, 1.54) is 38.9 Å². The van der Waals surface area contributed by atoms with Crippen molar-refractivity contribution >= 4 is 5.82 Å². The molecule has 349 valence electrons. The fourth-order valence-corrected chi connectivity index (χ4v) is 8.62. The van der Waals surface area contributed by atoms with Gasteiger partial charge in [0, 0.05) is 20.1 Å². The van der Waals surface area contributed by atoms with Crippen LogP contribution in [0.5, 0.6) is 0 Å². The van der Waals surface area contributed by atoms with Gasteiger partial charge in [0.25, 0.3) is 0 Å². The van der Waals surface area contributed by atoms with Crippen LogP contribution in [0.3, 0.4) is 0 Å². The van der Waals surface area contributed by atoms with Gasteiger partial charge >= 0.3 is 0 Å². The van der Waals surface area contributed by atoms with E-state index >= 15 is 0 Å². The van der Waals surface area contributed by atoms with Crippen LogP contribution < -0.4 is 4.90 Å². The molecule has 1 aliphatic rings. The number of nitrogens with zero attached hydrogens (tertiary/aromatic N) is 6. The van der Waals surface area contributed by atoms with Gasteiger partial charge in [0.1, 0.15) is 0 Å². The Morgan fingerprint density at radius 1 is 0.465 bits per heavy atom. The molecule has 1 aliphatic heterocycles. The first-order chi connectivity index (χ1) is 34.1. The summed E-state index contributed by atoms with van der Waals surface area (Å²) in [4.78, 5) is 13.9. The van der Waals surface area contributed by atoms with Crippen LogP contribution in [-0.4, -0.2) is 21.9 Å². The zero-order chi connectivity index (χ0) is 48.6. The van der Waals surface area contributed by atoms with Crippen LogP contribution in [0.15, 0.2) is 194 Å². The summed E-state index contributed by atoms with van der Waals surface area (Å²) < 4.78 is 0. The number of anilines is 1. The first kappa shape index (κ1) is 49.2. The number of aromatic nitrogens is 2. The molecule has 7 heteroatoms. The number of benzene rings is 7. The van der Waals surface area contributed by atoms with Gasteiger partial charge in [-0.25, -0.2) is 0 Å². The molecule has 9 aromatic rings. The van der Waals surface area contributed by atoms with E-state index in [2.05, 4.69) is 161 Å². The molecule has 6 nitrogen and oxygen atoms in total. The molecule has 2 aromatic heterocycles. The molecular weight excluding hydrogens is 1040 g/mol. The molecule has 0 unspecified atom stereocenters. The topological polar surface area (TPSA) is 79.8 Å². The van der Waals surface area contributed by atoms with Gasteiger partial charge in [-0.15, -0.1) is 102 Å². The average Bonchev–Trinajstić information content (AvgIpc) is 3.87. The van der Waals surface area contributed by atoms with Crippen LogP contribution in [-0.2, 0) is 20.1 Å². The Bertz CT molecular complexity index is 3360. The van der Waals surface area contributed by atoms with Crippen LogP contribution in [0.2, 0.25) is 0 Å². The van der Waals surface area contributed by atoms with E-state index in [1.54, 1.807) is 24.3 Å². The molecule has 71 heavy (non-hydrogen) atoms. The maximum atomic E-state index is 9.50. The van der Waals surface area contributed by atoms with Gasteiger partial charge in [0.15, 0.2) is 0 Å². The Kier molecular flexibility index (Phi) is 15.6. The summed E-state index contributed by atoms with van der Waals surface area (Å²) in [7, 11) is 2.00. The van der Waals surface area contributed by atoms with Crippen LogP contribution >= 0.6 is 0 Å². The third-order valence-electron chi connectivity index (χ3n) is 12.2. The molecule has 3 heterocycles. The van der Waals surface area contributed by atoms with Crippen LogP contribution in [0.4, 0.5) is 5.82 Å². The second kappa shape index (κ2) is 22.5. The number of pyridine rings is 2. The monoisotopic (exact) mass is 1100 g/mol.